The second kappa shape index (κ2) is 5.28. The third-order valence-corrected chi connectivity index (χ3v) is 4.24. The van der Waals surface area contributed by atoms with E-state index >= 15 is 0 Å². The first-order valence-electron chi connectivity index (χ1n) is 6.53. The first-order chi connectivity index (χ1) is 9.25. The van der Waals surface area contributed by atoms with Gasteiger partial charge in [-0.1, -0.05) is 23.7 Å². The van der Waals surface area contributed by atoms with Crippen LogP contribution in [0.4, 0.5) is 0 Å². The molecular formula is C15H18ClNO3. The fourth-order valence-electron chi connectivity index (χ4n) is 2.84. The molecule has 0 aliphatic carbocycles. The van der Waals surface area contributed by atoms with Crippen LogP contribution in [0.15, 0.2) is 24.3 Å². The van der Waals surface area contributed by atoms with Crippen LogP contribution in [0.2, 0.25) is 5.02 Å². The molecule has 1 N–H and O–H groups in total. The van der Waals surface area contributed by atoms with Crippen LogP contribution >= 0.6 is 11.6 Å². The summed E-state index contributed by atoms with van der Waals surface area (Å²) in [6.07, 6.45) is 0. The Morgan fingerprint density at radius 2 is 1.95 bits per heavy atom. The van der Waals surface area contributed by atoms with Crippen LogP contribution in [0, 0.1) is 5.92 Å². The topological polar surface area (TPSA) is 57.6 Å². The highest BCUT2D eigenvalue weighted by atomic mass is 35.5. The van der Waals surface area contributed by atoms with Crippen LogP contribution < -0.4 is 0 Å². The minimum absolute atomic E-state index is 0.207. The van der Waals surface area contributed by atoms with Gasteiger partial charge in [-0.3, -0.25) is 14.5 Å². The molecule has 0 saturated carbocycles. The van der Waals surface area contributed by atoms with E-state index in [0.717, 1.165) is 5.56 Å². The van der Waals surface area contributed by atoms with Crippen molar-refractivity contribution in [3.05, 3.63) is 34.9 Å². The highest BCUT2D eigenvalue weighted by molar-refractivity contribution is 6.30. The number of hydrogen-bond acceptors (Lipinski definition) is 4. The zero-order valence-corrected chi connectivity index (χ0v) is 12.5. The number of halogens is 1. The smallest absolute Gasteiger partial charge is 0.191 e. The predicted octanol–water partition coefficient (Wildman–Crippen LogP) is 2.03. The summed E-state index contributed by atoms with van der Waals surface area (Å²) in [7, 11) is 0. The van der Waals surface area contributed by atoms with E-state index in [-0.39, 0.29) is 11.8 Å². The zero-order valence-electron chi connectivity index (χ0n) is 11.8. The molecule has 0 bridgehead atoms. The van der Waals surface area contributed by atoms with Gasteiger partial charge < -0.3 is 5.11 Å². The maximum atomic E-state index is 12.2. The number of aliphatic hydroxyl groups is 1. The van der Waals surface area contributed by atoms with Gasteiger partial charge in [0.05, 0.1) is 5.92 Å². The quantitative estimate of drug-likeness (QED) is 0.867. The van der Waals surface area contributed by atoms with Crippen molar-refractivity contribution in [3.8, 4) is 0 Å². The molecule has 20 heavy (non-hydrogen) atoms. The molecule has 0 spiro atoms. The number of hydrogen-bond donors (Lipinski definition) is 1. The van der Waals surface area contributed by atoms with Crippen molar-refractivity contribution in [3.63, 3.8) is 0 Å². The summed E-state index contributed by atoms with van der Waals surface area (Å²) in [6.45, 7) is 5.02. The molecule has 2 rings (SSSR count). The molecule has 4 nitrogen and oxygen atoms in total. The molecule has 108 valence electrons. The van der Waals surface area contributed by atoms with Crippen LogP contribution in [0.3, 0.4) is 0 Å². The molecule has 0 amide bonds. The summed E-state index contributed by atoms with van der Waals surface area (Å²) < 4.78 is 0. The summed E-state index contributed by atoms with van der Waals surface area (Å²) in [5, 5.41) is 11.1. The summed E-state index contributed by atoms with van der Waals surface area (Å²) in [5.74, 6) is -1.40. The molecule has 3 unspecified atom stereocenters. The average Bonchev–Trinajstić information content (AvgIpc) is 2.52. The second-order valence-corrected chi connectivity index (χ2v) is 5.90. The zero-order chi connectivity index (χ0) is 15.1. The summed E-state index contributed by atoms with van der Waals surface area (Å²) >= 11 is 5.84. The minimum atomic E-state index is -1.62. The van der Waals surface area contributed by atoms with Gasteiger partial charge in [0.2, 0.25) is 0 Å². The fourth-order valence-corrected chi connectivity index (χ4v) is 2.97. The number of carbonyl (C=O) groups excluding carboxylic acids is 2. The summed E-state index contributed by atoms with van der Waals surface area (Å²) in [4.78, 5) is 25.5. The van der Waals surface area contributed by atoms with Crippen LogP contribution in [-0.4, -0.2) is 33.3 Å². The molecule has 3 atom stereocenters. The first-order valence-corrected chi connectivity index (χ1v) is 6.91. The predicted molar refractivity (Wildman–Crippen MR) is 76.3 cm³/mol. The van der Waals surface area contributed by atoms with Crippen molar-refractivity contribution < 1.29 is 14.7 Å². The highest BCUT2D eigenvalue weighted by Crippen LogP contribution is 2.35. The maximum Gasteiger partial charge on any atom is 0.191 e. The molecule has 1 aromatic carbocycles. The number of Topliss-reactive ketones (excluding diaryl/α,β-unsaturated/α-hetero) is 2. The number of ketones is 2. The van der Waals surface area contributed by atoms with E-state index in [9.17, 15) is 14.7 Å². The third-order valence-electron chi connectivity index (χ3n) is 3.99. The Morgan fingerprint density at radius 1 is 1.40 bits per heavy atom. The summed E-state index contributed by atoms with van der Waals surface area (Å²) in [6, 6.07) is 6.88. The number of benzene rings is 1. The van der Waals surface area contributed by atoms with Crippen LogP contribution in [0.1, 0.15) is 26.3 Å². The van der Waals surface area contributed by atoms with E-state index in [1.54, 1.807) is 24.0 Å². The van der Waals surface area contributed by atoms with E-state index in [4.69, 9.17) is 11.6 Å². The lowest BCUT2D eigenvalue weighted by atomic mass is 9.94. The van der Waals surface area contributed by atoms with Gasteiger partial charge in [-0.25, -0.2) is 0 Å². The lowest BCUT2D eigenvalue weighted by Gasteiger charge is -2.31. The van der Waals surface area contributed by atoms with E-state index in [0.29, 0.717) is 11.6 Å². The molecule has 1 fully saturated rings. The molecule has 5 heteroatoms. The van der Waals surface area contributed by atoms with E-state index in [2.05, 4.69) is 0 Å². The standard InChI is InChI=1S/C15H18ClNO3/c1-9-13(10(2)18)14(19)15(3,20)17(9)8-11-4-6-12(16)7-5-11/h4-7,9,13,20H,8H2,1-3H3. The monoisotopic (exact) mass is 295 g/mol. The Balaban J connectivity index is 2.28. The van der Waals surface area contributed by atoms with Gasteiger partial charge in [-0.2, -0.15) is 0 Å². The van der Waals surface area contributed by atoms with Crippen LogP contribution in [0.5, 0.6) is 0 Å². The van der Waals surface area contributed by atoms with Gasteiger partial charge >= 0.3 is 0 Å². The van der Waals surface area contributed by atoms with Crippen LogP contribution in [0.25, 0.3) is 0 Å². The van der Waals surface area contributed by atoms with E-state index in [1.807, 2.05) is 12.1 Å². The van der Waals surface area contributed by atoms with Crippen molar-refractivity contribution in [1.29, 1.82) is 0 Å². The van der Waals surface area contributed by atoms with Gasteiger partial charge in [-0.05, 0) is 38.5 Å². The maximum absolute atomic E-state index is 12.2. The lowest BCUT2D eigenvalue weighted by molar-refractivity contribution is -0.149. The molecular weight excluding hydrogens is 278 g/mol. The molecule has 1 aliphatic heterocycles. The molecule has 1 heterocycles. The Kier molecular flexibility index (Phi) is 4.00. The second-order valence-electron chi connectivity index (χ2n) is 5.47. The fraction of sp³-hybridized carbons (Fsp3) is 0.467. The summed E-state index contributed by atoms with van der Waals surface area (Å²) in [5.41, 5.74) is -0.686. The van der Waals surface area contributed by atoms with Crippen molar-refractivity contribution in [2.75, 3.05) is 0 Å². The van der Waals surface area contributed by atoms with Gasteiger partial charge in [0, 0.05) is 17.6 Å². The number of likely N-dealkylation sites (tertiary alicyclic amines) is 1. The Hall–Kier alpha value is -1.23. The van der Waals surface area contributed by atoms with Crippen LogP contribution in [-0.2, 0) is 16.1 Å². The normalized spacial score (nSPS) is 30.8. The average molecular weight is 296 g/mol. The molecule has 1 aliphatic rings. The molecule has 0 radical (unpaired) electrons. The Labute approximate surface area is 123 Å². The van der Waals surface area contributed by atoms with Gasteiger partial charge in [0.25, 0.3) is 0 Å². The van der Waals surface area contributed by atoms with Crippen molar-refractivity contribution in [2.45, 2.75) is 39.1 Å². The Bertz CT molecular complexity index is 539. The number of nitrogens with zero attached hydrogens (tertiary/aromatic N) is 1. The lowest BCUT2D eigenvalue weighted by Crippen LogP contribution is -2.47. The van der Waals surface area contributed by atoms with E-state index < -0.39 is 17.4 Å². The minimum Gasteiger partial charge on any atom is -0.369 e. The number of rotatable bonds is 3. The van der Waals surface area contributed by atoms with Crippen molar-refractivity contribution in [1.82, 2.24) is 4.90 Å². The van der Waals surface area contributed by atoms with Crippen molar-refractivity contribution in [2.24, 2.45) is 5.92 Å². The van der Waals surface area contributed by atoms with Crippen molar-refractivity contribution >= 4 is 23.2 Å². The molecule has 1 saturated heterocycles. The Morgan fingerprint density at radius 3 is 2.40 bits per heavy atom. The largest absolute Gasteiger partial charge is 0.369 e. The third kappa shape index (κ3) is 2.51. The van der Waals surface area contributed by atoms with Gasteiger partial charge in [-0.15, -0.1) is 0 Å². The highest BCUT2D eigenvalue weighted by Gasteiger charge is 2.54. The van der Waals surface area contributed by atoms with E-state index in [1.165, 1.54) is 13.8 Å². The van der Waals surface area contributed by atoms with Gasteiger partial charge in [0.1, 0.15) is 5.78 Å². The molecule has 1 aromatic rings. The first kappa shape index (κ1) is 15.2. The van der Waals surface area contributed by atoms with Gasteiger partial charge in [0.15, 0.2) is 11.5 Å². The SMILES string of the molecule is CC(=O)C1C(=O)C(C)(O)N(Cc2ccc(Cl)cc2)C1C. The number of carbonyl (C=O) groups is 2. The molecule has 0 aromatic heterocycles.